The molecule has 10 heteroatoms. The zero-order chi connectivity index (χ0) is 28.6. The fourth-order valence-corrected chi connectivity index (χ4v) is 5.00. The number of carbonyl (C=O) groups excluding carboxylic acids is 4. The molecule has 0 bridgehead atoms. The number of aliphatic imine (C=N–C) groups is 1. The Bertz CT molecular complexity index is 825. The van der Waals surface area contributed by atoms with E-state index in [1.54, 1.807) is 53.5 Å². The van der Waals surface area contributed by atoms with Gasteiger partial charge in [0.1, 0.15) is 6.04 Å². The molecule has 1 heterocycles. The molecule has 0 saturated heterocycles. The van der Waals surface area contributed by atoms with Gasteiger partial charge in [0.15, 0.2) is 10.8 Å². The summed E-state index contributed by atoms with van der Waals surface area (Å²) in [6.45, 7) is 16.1. The third-order valence-corrected chi connectivity index (χ3v) is 6.78. The van der Waals surface area contributed by atoms with E-state index in [1.165, 1.54) is 0 Å². The maximum absolute atomic E-state index is 13.7. The minimum absolute atomic E-state index is 0.0000632. The smallest absolute Gasteiger partial charge is 0.325 e. The van der Waals surface area contributed by atoms with Crippen molar-refractivity contribution < 1.29 is 38.1 Å². The van der Waals surface area contributed by atoms with Gasteiger partial charge in [-0.05, 0) is 46.0 Å². The van der Waals surface area contributed by atoms with Crippen LogP contribution in [-0.2, 0) is 38.1 Å². The maximum atomic E-state index is 13.7. The van der Waals surface area contributed by atoms with Gasteiger partial charge in [-0.1, -0.05) is 34.6 Å². The summed E-state index contributed by atoms with van der Waals surface area (Å²) in [5.74, 6) is -2.64. The molecule has 1 rings (SSSR count). The summed E-state index contributed by atoms with van der Waals surface area (Å²) in [4.78, 5) is 61.2. The molecule has 0 radical (unpaired) electrons. The maximum Gasteiger partial charge on any atom is 0.325 e. The molecule has 0 aromatic rings. The highest BCUT2D eigenvalue weighted by atomic mass is 16.6. The largest absolute Gasteiger partial charge is 0.465 e. The second-order valence-corrected chi connectivity index (χ2v) is 10.3. The molecule has 0 amide bonds. The predicted molar refractivity (Wildman–Crippen MR) is 139 cm³/mol. The van der Waals surface area contributed by atoms with E-state index in [1.807, 2.05) is 20.8 Å². The fourth-order valence-electron chi connectivity index (χ4n) is 5.00. The zero-order valence-electron chi connectivity index (χ0n) is 24.3. The van der Waals surface area contributed by atoms with Crippen molar-refractivity contribution in [2.24, 2.45) is 21.2 Å². The highest BCUT2D eigenvalue weighted by Crippen LogP contribution is 2.48. The SMILES string of the molecule is CCOC(=O)C(CC)(C(=O)OCC)[C@@H]1[C@@H](C(CC)(C(=O)OCC)C(=O)OCC)N=C(CC(C)(C)C)N1C. The van der Waals surface area contributed by atoms with Crippen molar-refractivity contribution in [3.8, 4) is 0 Å². The van der Waals surface area contributed by atoms with E-state index in [2.05, 4.69) is 0 Å². The summed E-state index contributed by atoms with van der Waals surface area (Å²) in [7, 11) is 1.72. The number of rotatable bonds is 13. The number of hydrogen-bond acceptors (Lipinski definition) is 10. The Hall–Kier alpha value is -2.65. The summed E-state index contributed by atoms with van der Waals surface area (Å²) in [6, 6.07) is -2.24. The highest BCUT2D eigenvalue weighted by Gasteiger charge is 2.68. The van der Waals surface area contributed by atoms with E-state index >= 15 is 0 Å². The lowest BCUT2D eigenvalue weighted by molar-refractivity contribution is -0.185. The molecule has 0 N–H and O–H groups in total. The van der Waals surface area contributed by atoms with Crippen molar-refractivity contribution in [1.82, 2.24) is 4.90 Å². The molecule has 10 nitrogen and oxygen atoms in total. The average Bonchev–Trinajstić information content (AvgIpc) is 3.11. The summed E-state index contributed by atoms with van der Waals surface area (Å²) in [5, 5.41) is 0. The quantitative estimate of drug-likeness (QED) is 0.201. The summed E-state index contributed by atoms with van der Waals surface area (Å²) < 4.78 is 21.6. The van der Waals surface area contributed by atoms with Crippen molar-refractivity contribution in [2.75, 3.05) is 33.5 Å². The van der Waals surface area contributed by atoms with Crippen molar-refractivity contribution in [1.29, 1.82) is 0 Å². The monoisotopic (exact) mass is 526 g/mol. The van der Waals surface area contributed by atoms with Crippen molar-refractivity contribution in [2.45, 2.75) is 93.7 Å². The Morgan fingerprint density at radius 3 is 1.35 bits per heavy atom. The molecule has 0 saturated carbocycles. The van der Waals surface area contributed by atoms with Crippen LogP contribution in [0.15, 0.2) is 4.99 Å². The molecule has 1 aliphatic rings. The van der Waals surface area contributed by atoms with Gasteiger partial charge in [-0.2, -0.15) is 0 Å². The molecule has 37 heavy (non-hydrogen) atoms. The van der Waals surface area contributed by atoms with Gasteiger partial charge in [-0.25, -0.2) is 0 Å². The minimum Gasteiger partial charge on any atom is -0.465 e. The van der Waals surface area contributed by atoms with Crippen LogP contribution < -0.4 is 0 Å². The first-order valence-corrected chi connectivity index (χ1v) is 13.3. The molecule has 1 aliphatic heterocycles. The standard InChI is InChI=1S/C27H46N2O8/c1-11-26(21(30)34-13-3,22(31)35-14-4)19-20(29(10)18(28-19)17-25(7,8)9)27(12-2,23(32)36-15-5)24(33)37-16-6/h19-20H,11-17H2,1-10H3/t19-,20-/m0/s1. The van der Waals surface area contributed by atoms with Crippen molar-refractivity contribution in [3.05, 3.63) is 0 Å². The Morgan fingerprint density at radius 2 is 1.05 bits per heavy atom. The lowest BCUT2D eigenvalue weighted by Gasteiger charge is -2.44. The van der Waals surface area contributed by atoms with Crippen LogP contribution in [0.3, 0.4) is 0 Å². The van der Waals surface area contributed by atoms with Gasteiger partial charge in [-0.3, -0.25) is 24.2 Å². The van der Waals surface area contributed by atoms with Gasteiger partial charge in [0.2, 0.25) is 0 Å². The number of likely N-dealkylation sites (N-methyl/N-ethyl adjacent to an activating group) is 1. The van der Waals surface area contributed by atoms with E-state index in [0.29, 0.717) is 12.3 Å². The molecule has 0 aromatic carbocycles. The Morgan fingerprint density at radius 1 is 0.703 bits per heavy atom. The molecule has 212 valence electrons. The van der Waals surface area contributed by atoms with Gasteiger partial charge < -0.3 is 23.8 Å². The zero-order valence-corrected chi connectivity index (χ0v) is 24.3. The Kier molecular flexibility index (Phi) is 11.6. The van der Waals surface area contributed by atoms with Crippen LogP contribution in [0.4, 0.5) is 0 Å². The molecular weight excluding hydrogens is 480 g/mol. The molecule has 0 fully saturated rings. The average molecular weight is 527 g/mol. The number of esters is 4. The van der Waals surface area contributed by atoms with Crippen LogP contribution in [0, 0.1) is 16.2 Å². The van der Waals surface area contributed by atoms with Gasteiger partial charge in [0.05, 0.1) is 38.3 Å². The van der Waals surface area contributed by atoms with Crippen molar-refractivity contribution in [3.63, 3.8) is 0 Å². The molecule has 0 aromatic heterocycles. The van der Waals surface area contributed by atoms with Crippen LogP contribution in [0.1, 0.15) is 81.6 Å². The first-order valence-electron chi connectivity index (χ1n) is 13.3. The second-order valence-electron chi connectivity index (χ2n) is 10.3. The minimum atomic E-state index is -1.90. The summed E-state index contributed by atoms with van der Waals surface area (Å²) in [6.07, 6.45) is 0.449. The van der Waals surface area contributed by atoms with E-state index in [4.69, 9.17) is 23.9 Å². The van der Waals surface area contributed by atoms with Crippen molar-refractivity contribution >= 4 is 29.7 Å². The third kappa shape index (κ3) is 6.26. The Labute approximate surface area is 221 Å². The van der Waals surface area contributed by atoms with Crippen LogP contribution in [0.5, 0.6) is 0 Å². The normalized spacial score (nSPS) is 18.2. The lowest BCUT2D eigenvalue weighted by atomic mass is 9.65. The third-order valence-electron chi connectivity index (χ3n) is 6.78. The van der Waals surface area contributed by atoms with Crippen LogP contribution in [0.2, 0.25) is 0 Å². The van der Waals surface area contributed by atoms with Crippen LogP contribution in [-0.4, -0.2) is 80.2 Å². The summed E-state index contributed by atoms with van der Waals surface area (Å²) in [5.41, 5.74) is -3.99. The summed E-state index contributed by atoms with van der Waals surface area (Å²) >= 11 is 0. The van der Waals surface area contributed by atoms with E-state index < -0.39 is 46.8 Å². The predicted octanol–water partition coefficient (Wildman–Crippen LogP) is 3.55. The molecule has 0 spiro atoms. The number of ether oxygens (including phenoxy) is 4. The molecular formula is C27H46N2O8. The first kappa shape index (κ1) is 32.4. The topological polar surface area (TPSA) is 121 Å². The van der Waals surface area contributed by atoms with Crippen LogP contribution >= 0.6 is 0 Å². The fraction of sp³-hybridized carbons (Fsp3) is 0.815. The lowest BCUT2D eigenvalue weighted by Crippen LogP contribution is -2.64. The van der Waals surface area contributed by atoms with E-state index in [9.17, 15) is 19.2 Å². The van der Waals surface area contributed by atoms with Gasteiger partial charge >= 0.3 is 23.9 Å². The number of nitrogens with zero attached hydrogens (tertiary/aromatic N) is 2. The number of hydrogen-bond donors (Lipinski definition) is 0. The van der Waals surface area contributed by atoms with Gasteiger partial charge in [0.25, 0.3) is 0 Å². The number of amidine groups is 1. The van der Waals surface area contributed by atoms with E-state index in [0.717, 1.165) is 0 Å². The van der Waals surface area contributed by atoms with E-state index in [-0.39, 0.29) is 44.7 Å². The Balaban J connectivity index is 4.11. The molecule has 2 atom stereocenters. The molecule has 0 unspecified atom stereocenters. The second kappa shape index (κ2) is 13.2. The van der Waals surface area contributed by atoms with Gasteiger partial charge in [0, 0.05) is 13.5 Å². The number of carbonyl (C=O) groups is 4. The van der Waals surface area contributed by atoms with Crippen LogP contribution in [0.25, 0.3) is 0 Å². The van der Waals surface area contributed by atoms with Gasteiger partial charge in [-0.15, -0.1) is 0 Å². The first-order chi connectivity index (χ1) is 17.3. The molecule has 0 aliphatic carbocycles. The highest BCUT2D eigenvalue weighted by molar-refractivity contribution is 6.05.